The SMILES string of the molecule is c1ccc2c(c1)ccc1oc3ccccc3[n+]12. The maximum Gasteiger partial charge on any atom is 0.380 e. The number of oxazole rings is 1. The number of hydrogen-bond donors (Lipinski definition) is 0. The molecule has 0 atom stereocenters. The summed E-state index contributed by atoms with van der Waals surface area (Å²) >= 11 is 0. The molecule has 4 aromatic rings. The molecule has 0 N–H and O–H groups in total. The molecule has 0 fully saturated rings. The van der Waals surface area contributed by atoms with Gasteiger partial charge in [-0.15, -0.1) is 4.40 Å². The van der Waals surface area contributed by atoms with Gasteiger partial charge in [-0.1, -0.05) is 24.3 Å². The first-order valence-electron chi connectivity index (χ1n) is 5.64. The van der Waals surface area contributed by atoms with Gasteiger partial charge in [0.05, 0.1) is 6.07 Å². The topological polar surface area (TPSA) is 17.2 Å². The fourth-order valence-electron chi connectivity index (χ4n) is 2.36. The Morgan fingerprint density at radius 1 is 0.706 bits per heavy atom. The predicted octanol–water partition coefficient (Wildman–Crippen LogP) is 3.32. The molecular weight excluding hydrogens is 210 g/mol. The van der Waals surface area contributed by atoms with Gasteiger partial charge < -0.3 is 4.42 Å². The molecule has 17 heavy (non-hydrogen) atoms. The van der Waals surface area contributed by atoms with Gasteiger partial charge in [0.25, 0.3) is 5.52 Å². The summed E-state index contributed by atoms with van der Waals surface area (Å²) in [5.41, 5.74) is 4.09. The zero-order chi connectivity index (χ0) is 11.2. The van der Waals surface area contributed by atoms with E-state index in [0.29, 0.717) is 0 Å². The average Bonchev–Trinajstić information content (AvgIpc) is 2.77. The molecule has 0 unspecified atom stereocenters. The molecule has 2 aromatic carbocycles. The Balaban J connectivity index is 2.38. The van der Waals surface area contributed by atoms with E-state index in [0.717, 1.165) is 16.8 Å². The lowest BCUT2D eigenvalue weighted by molar-refractivity contribution is -0.454. The monoisotopic (exact) mass is 220 g/mol. The molecule has 2 heteroatoms. The summed E-state index contributed by atoms with van der Waals surface area (Å²) in [4.78, 5) is 0. The number of nitrogens with zero attached hydrogens (tertiary/aromatic N) is 1. The smallest absolute Gasteiger partial charge is 0.380 e. The molecular formula is C15H10NO+. The molecule has 2 aromatic heterocycles. The van der Waals surface area contributed by atoms with E-state index in [-0.39, 0.29) is 0 Å². The van der Waals surface area contributed by atoms with Crippen LogP contribution in [0.3, 0.4) is 0 Å². The van der Waals surface area contributed by atoms with Crippen molar-refractivity contribution in [1.82, 2.24) is 0 Å². The van der Waals surface area contributed by atoms with Gasteiger partial charge in [0.1, 0.15) is 0 Å². The average molecular weight is 220 g/mol. The first-order chi connectivity index (χ1) is 8.43. The summed E-state index contributed by atoms with van der Waals surface area (Å²) in [6.45, 7) is 0. The van der Waals surface area contributed by atoms with Gasteiger partial charge in [0.15, 0.2) is 0 Å². The number of rotatable bonds is 0. The lowest BCUT2D eigenvalue weighted by Gasteiger charge is -1.91. The molecule has 0 radical (unpaired) electrons. The second kappa shape index (κ2) is 3.08. The molecule has 80 valence electrons. The maximum absolute atomic E-state index is 5.82. The molecule has 2 heterocycles. The van der Waals surface area contributed by atoms with Crippen molar-refractivity contribution in [3.8, 4) is 0 Å². The van der Waals surface area contributed by atoms with Gasteiger partial charge in [0.2, 0.25) is 11.1 Å². The normalized spacial score (nSPS) is 11.5. The van der Waals surface area contributed by atoms with Crippen LogP contribution < -0.4 is 4.40 Å². The molecule has 0 aliphatic heterocycles. The van der Waals surface area contributed by atoms with Gasteiger partial charge in [-0.3, -0.25) is 0 Å². The fraction of sp³-hybridized carbons (Fsp3) is 0. The van der Waals surface area contributed by atoms with Gasteiger partial charge in [-0.05, 0) is 18.2 Å². The Hall–Kier alpha value is -2.35. The van der Waals surface area contributed by atoms with Crippen LogP contribution in [0.5, 0.6) is 0 Å². The summed E-state index contributed by atoms with van der Waals surface area (Å²) in [7, 11) is 0. The summed E-state index contributed by atoms with van der Waals surface area (Å²) in [6.07, 6.45) is 0. The molecule has 0 aliphatic rings. The number of para-hydroxylation sites is 3. The van der Waals surface area contributed by atoms with Crippen molar-refractivity contribution in [2.75, 3.05) is 0 Å². The van der Waals surface area contributed by atoms with Crippen molar-refractivity contribution in [3.63, 3.8) is 0 Å². The molecule has 0 saturated carbocycles. The van der Waals surface area contributed by atoms with E-state index in [1.807, 2.05) is 24.3 Å². The van der Waals surface area contributed by atoms with Gasteiger partial charge in [0, 0.05) is 17.5 Å². The number of hydrogen-bond acceptors (Lipinski definition) is 1. The van der Waals surface area contributed by atoms with E-state index in [4.69, 9.17) is 4.42 Å². The maximum atomic E-state index is 5.82. The zero-order valence-electron chi connectivity index (χ0n) is 9.13. The highest BCUT2D eigenvalue weighted by Crippen LogP contribution is 2.18. The Bertz CT molecular complexity index is 839. The number of aromatic nitrogens is 1. The van der Waals surface area contributed by atoms with Crippen LogP contribution in [0.15, 0.2) is 65.1 Å². The highest BCUT2D eigenvalue weighted by molar-refractivity contribution is 5.80. The van der Waals surface area contributed by atoms with Crippen LogP contribution in [-0.2, 0) is 0 Å². The van der Waals surface area contributed by atoms with Crippen molar-refractivity contribution in [3.05, 3.63) is 60.7 Å². The van der Waals surface area contributed by atoms with Crippen LogP contribution in [0.25, 0.3) is 27.7 Å². The highest BCUT2D eigenvalue weighted by atomic mass is 16.3. The molecule has 0 saturated heterocycles. The Morgan fingerprint density at radius 3 is 2.41 bits per heavy atom. The van der Waals surface area contributed by atoms with E-state index in [9.17, 15) is 0 Å². The number of benzene rings is 2. The lowest BCUT2D eigenvalue weighted by atomic mass is 10.2. The van der Waals surface area contributed by atoms with Gasteiger partial charge in [-0.25, -0.2) is 0 Å². The fourth-order valence-corrected chi connectivity index (χ4v) is 2.36. The van der Waals surface area contributed by atoms with Crippen LogP contribution in [0.1, 0.15) is 0 Å². The Morgan fingerprint density at radius 2 is 1.47 bits per heavy atom. The first-order valence-corrected chi connectivity index (χ1v) is 5.64. The second-order valence-electron chi connectivity index (χ2n) is 4.14. The van der Waals surface area contributed by atoms with Crippen LogP contribution in [0.4, 0.5) is 0 Å². The van der Waals surface area contributed by atoms with Crippen molar-refractivity contribution in [2.24, 2.45) is 0 Å². The first kappa shape index (κ1) is 8.76. The minimum absolute atomic E-state index is 0.880. The molecule has 2 nitrogen and oxygen atoms in total. The second-order valence-corrected chi connectivity index (χ2v) is 4.14. The van der Waals surface area contributed by atoms with E-state index in [1.54, 1.807) is 0 Å². The molecule has 4 rings (SSSR count). The van der Waals surface area contributed by atoms with E-state index >= 15 is 0 Å². The third-order valence-electron chi connectivity index (χ3n) is 3.12. The summed E-state index contributed by atoms with van der Waals surface area (Å²) in [6, 6.07) is 20.5. The van der Waals surface area contributed by atoms with Crippen molar-refractivity contribution < 1.29 is 8.82 Å². The van der Waals surface area contributed by atoms with Gasteiger partial charge in [-0.2, -0.15) is 0 Å². The standard InChI is InChI=1S/C15H10NO/c1-2-6-12-11(5-1)9-10-15-16(12)13-7-3-4-8-14(13)17-15/h1-10H/q+1. The van der Waals surface area contributed by atoms with E-state index in [2.05, 4.69) is 40.8 Å². The van der Waals surface area contributed by atoms with E-state index < -0.39 is 0 Å². The minimum atomic E-state index is 0.880. The summed E-state index contributed by atoms with van der Waals surface area (Å²) < 4.78 is 7.98. The van der Waals surface area contributed by atoms with Crippen molar-refractivity contribution >= 4 is 27.7 Å². The van der Waals surface area contributed by atoms with Gasteiger partial charge >= 0.3 is 5.71 Å². The quantitative estimate of drug-likeness (QED) is 0.415. The lowest BCUT2D eigenvalue weighted by Crippen LogP contribution is -2.20. The third kappa shape index (κ3) is 1.12. The molecule has 0 amide bonds. The van der Waals surface area contributed by atoms with Crippen LogP contribution in [0, 0.1) is 0 Å². The van der Waals surface area contributed by atoms with Crippen molar-refractivity contribution in [1.29, 1.82) is 0 Å². The molecule has 0 spiro atoms. The van der Waals surface area contributed by atoms with Crippen molar-refractivity contribution in [2.45, 2.75) is 0 Å². The minimum Gasteiger partial charge on any atom is -0.398 e. The highest BCUT2D eigenvalue weighted by Gasteiger charge is 2.17. The predicted molar refractivity (Wildman–Crippen MR) is 66.9 cm³/mol. The van der Waals surface area contributed by atoms with Crippen LogP contribution in [-0.4, -0.2) is 0 Å². The van der Waals surface area contributed by atoms with E-state index in [1.165, 1.54) is 10.9 Å². The largest absolute Gasteiger partial charge is 0.398 e. The number of pyridine rings is 1. The number of fused-ring (bicyclic) bond motifs is 5. The third-order valence-corrected chi connectivity index (χ3v) is 3.12. The summed E-state index contributed by atoms with van der Waals surface area (Å²) in [5, 5.41) is 1.22. The van der Waals surface area contributed by atoms with Crippen LogP contribution in [0.2, 0.25) is 0 Å². The Kier molecular flexibility index (Phi) is 1.59. The molecule has 0 bridgehead atoms. The Labute approximate surface area is 97.7 Å². The zero-order valence-corrected chi connectivity index (χ0v) is 9.13. The van der Waals surface area contributed by atoms with Crippen LogP contribution >= 0.6 is 0 Å². The summed E-state index contributed by atoms with van der Waals surface area (Å²) in [5.74, 6) is 0. The molecule has 0 aliphatic carbocycles.